The Hall–Kier alpha value is -1.66. The van der Waals surface area contributed by atoms with Crippen LogP contribution in [0.1, 0.15) is 23.5 Å². The molecular weight excluding hydrogens is 370 g/mol. The van der Waals surface area contributed by atoms with Gasteiger partial charge in [0.25, 0.3) is 5.56 Å². The summed E-state index contributed by atoms with van der Waals surface area (Å²) in [6, 6.07) is 5.21. The second kappa shape index (κ2) is 7.07. The Morgan fingerprint density at radius 3 is 2.77 bits per heavy atom. The van der Waals surface area contributed by atoms with Crippen molar-refractivity contribution in [3.63, 3.8) is 0 Å². The van der Waals surface area contributed by atoms with E-state index in [4.69, 9.17) is 11.6 Å². The highest BCUT2D eigenvalue weighted by atomic mass is 79.9. The van der Waals surface area contributed by atoms with Crippen LogP contribution < -0.4 is 10.9 Å². The van der Waals surface area contributed by atoms with Crippen LogP contribution in [-0.2, 0) is 11.2 Å². The lowest BCUT2D eigenvalue weighted by Crippen LogP contribution is -2.20. The third-order valence-corrected chi connectivity index (χ3v) is 3.95. The maximum atomic E-state index is 12.0. The number of aryl methyl sites for hydroxylation is 2. The average molecular weight is 385 g/mol. The number of nitrogens with zero attached hydrogens (tertiary/aromatic N) is 1. The zero-order valence-corrected chi connectivity index (χ0v) is 14.5. The molecule has 1 aromatic heterocycles. The number of H-pyrrole nitrogens is 1. The number of aromatic amines is 1. The Bertz CT molecular complexity index is 774. The van der Waals surface area contributed by atoms with Crippen LogP contribution in [-0.4, -0.2) is 15.9 Å². The number of nitrogens with one attached hydrogen (secondary N) is 2. The molecule has 0 aliphatic heterocycles. The van der Waals surface area contributed by atoms with Crippen LogP contribution >= 0.6 is 27.5 Å². The Kier molecular flexibility index (Phi) is 5.37. The molecule has 1 amide bonds. The summed E-state index contributed by atoms with van der Waals surface area (Å²) >= 11 is 9.35. The molecule has 0 aliphatic rings. The maximum absolute atomic E-state index is 12.0. The Morgan fingerprint density at radius 1 is 1.41 bits per heavy atom. The minimum Gasteiger partial charge on any atom is -0.325 e. The molecule has 2 rings (SSSR count). The lowest BCUT2D eigenvalue weighted by Gasteiger charge is -2.08. The summed E-state index contributed by atoms with van der Waals surface area (Å²) in [6.45, 7) is 3.49. The molecule has 0 atom stereocenters. The van der Waals surface area contributed by atoms with E-state index >= 15 is 0 Å². The molecule has 116 valence electrons. The van der Waals surface area contributed by atoms with Gasteiger partial charge in [-0.05, 0) is 38.5 Å². The highest BCUT2D eigenvalue weighted by Crippen LogP contribution is 2.25. The Morgan fingerprint density at radius 2 is 2.14 bits per heavy atom. The highest BCUT2D eigenvalue weighted by molar-refractivity contribution is 9.10. The smallest absolute Gasteiger partial charge is 0.254 e. The fraction of sp³-hybridized carbons (Fsp3) is 0.267. The van der Waals surface area contributed by atoms with E-state index < -0.39 is 0 Å². The van der Waals surface area contributed by atoms with E-state index in [1.807, 2.05) is 0 Å². The summed E-state index contributed by atoms with van der Waals surface area (Å²) in [5.74, 6) is 0.362. The van der Waals surface area contributed by atoms with Gasteiger partial charge in [0.05, 0.1) is 10.7 Å². The van der Waals surface area contributed by atoms with Crippen LogP contribution in [0.3, 0.4) is 0 Å². The molecule has 0 fully saturated rings. The summed E-state index contributed by atoms with van der Waals surface area (Å²) in [5, 5.41) is 3.19. The predicted octanol–water partition coefficient (Wildman–Crippen LogP) is 3.37. The summed E-state index contributed by atoms with van der Waals surface area (Å²) in [4.78, 5) is 30.7. The van der Waals surface area contributed by atoms with Crippen molar-refractivity contribution < 1.29 is 4.79 Å². The summed E-state index contributed by atoms with van der Waals surface area (Å²) in [5.41, 5.74) is 1.53. The van der Waals surface area contributed by atoms with Crippen LogP contribution in [0, 0.1) is 13.8 Å². The second-order valence-corrected chi connectivity index (χ2v) is 6.21. The van der Waals surface area contributed by atoms with Crippen molar-refractivity contribution in [3.05, 3.63) is 55.1 Å². The normalized spacial score (nSPS) is 10.5. The quantitative estimate of drug-likeness (QED) is 0.848. The topological polar surface area (TPSA) is 74.8 Å². The van der Waals surface area contributed by atoms with Gasteiger partial charge < -0.3 is 10.3 Å². The van der Waals surface area contributed by atoms with E-state index in [0.717, 1.165) is 4.47 Å². The number of anilines is 1. The van der Waals surface area contributed by atoms with Gasteiger partial charge in [-0.15, -0.1) is 0 Å². The lowest BCUT2D eigenvalue weighted by molar-refractivity contribution is -0.116. The molecule has 0 spiro atoms. The van der Waals surface area contributed by atoms with E-state index in [2.05, 4.69) is 31.2 Å². The van der Waals surface area contributed by atoms with Crippen molar-refractivity contribution >= 4 is 39.1 Å². The number of rotatable bonds is 4. The number of benzene rings is 1. The van der Waals surface area contributed by atoms with Crippen molar-refractivity contribution in [1.29, 1.82) is 0 Å². The van der Waals surface area contributed by atoms with Crippen molar-refractivity contribution in [1.82, 2.24) is 9.97 Å². The maximum Gasteiger partial charge on any atom is 0.254 e. The average Bonchev–Trinajstić information content (AvgIpc) is 2.40. The van der Waals surface area contributed by atoms with Gasteiger partial charge in [-0.1, -0.05) is 27.5 Å². The number of hydrogen-bond acceptors (Lipinski definition) is 3. The summed E-state index contributed by atoms with van der Waals surface area (Å²) in [7, 11) is 0. The van der Waals surface area contributed by atoms with Crippen LogP contribution in [0.15, 0.2) is 27.5 Å². The fourth-order valence-corrected chi connectivity index (χ4v) is 2.81. The number of carbonyl (C=O) groups excluding carboxylic acids is 1. The molecular formula is C15H15BrClN3O2. The molecule has 0 aliphatic carbocycles. The Balaban J connectivity index is 2.03. The van der Waals surface area contributed by atoms with Crippen LogP contribution in [0.25, 0.3) is 0 Å². The van der Waals surface area contributed by atoms with E-state index in [1.54, 1.807) is 32.0 Å². The van der Waals surface area contributed by atoms with Gasteiger partial charge in [-0.25, -0.2) is 4.98 Å². The number of halogens is 2. The molecule has 0 saturated heterocycles. The van der Waals surface area contributed by atoms with Crippen LogP contribution in [0.5, 0.6) is 0 Å². The van der Waals surface area contributed by atoms with Gasteiger partial charge in [-0.3, -0.25) is 9.59 Å². The third-order valence-electron chi connectivity index (χ3n) is 3.15. The van der Waals surface area contributed by atoms with Gasteiger partial charge in [0, 0.05) is 22.2 Å². The predicted molar refractivity (Wildman–Crippen MR) is 90.4 cm³/mol. The van der Waals surface area contributed by atoms with Gasteiger partial charge in [0.15, 0.2) is 0 Å². The Labute approximate surface area is 141 Å². The molecule has 2 N–H and O–H groups in total. The van der Waals surface area contributed by atoms with Crippen LogP contribution in [0.4, 0.5) is 5.69 Å². The van der Waals surface area contributed by atoms with E-state index in [1.165, 1.54) is 0 Å². The molecule has 0 bridgehead atoms. The van der Waals surface area contributed by atoms with Crippen molar-refractivity contribution in [2.75, 3.05) is 5.32 Å². The first-order chi connectivity index (χ1) is 10.4. The van der Waals surface area contributed by atoms with E-state index in [-0.39, 0.29) is 17.9 Å². The molecule has 0 radical (unpaired) electrons. The first-order valence-electron chi connectivity index (χ1n) is 6.68. The molecule has 22 heavy (non-hydrogen) atoms. The number of aromatic nitrogens is 2. The monoisotopic (exact) mass is 383 g/mol. The molecule has 1 heterocycles. The standard InChI is InChI=1S/C15H15BrClN3O2/c1-8-11(15(22)19-9(2)18-8)4-6-14(21)20-13-5-3-10(16)7-12(13)17/h3,5,7H,4,6H2,1-2H3,(H,20,21)(H,18,19,22). The van der Waals surface area contributed by atoms with Crippen molar-refractivity contribution in [3.8, 4) is 0 Å². The second-order valence-electron chi connectivity index (χ2n) is 4.89. The molecule has 0 unspecified atom stereocenters. The molecule has 1 aromatic carbocycles. The largest absolute Gasteiger partial charge is 0.325 e. The fourth-order valence-electron chi connectivity index (χ4n) is 2.09. The first kappa shape index (κ1) is 16.7. The van der Waals surface area contributed by atoms with Crippen molar-refractivity contribution in [2.24, 2.45) is 0 Å². The van der Waals surface area contributed by atoms with Gasteiger partial charge in [-0.2, -0.15) is 0 Å². The zero-order valence-electron chi connectivity index (χ0n) is 12.2. The van der Waals surface area contributed by atoms with Crippen molar-refractivity contribution in [2.45, 2.75) is 26.7 Å². The minimum absolute atomic E-state index is 0.182. The summed E-state index contributed by atoms with van der Waals surface area (Å²) in [6.07, 6.45) is 0.509. The number of hydrogen-bond donors (Lipinski definition) is 2. The molecule has 0 saturated carbocycles. The highest BCUT2D eigenvalue weighted by Gasteiger charge is 2.11. The molecule has 2 aromatic rings. The van der Waals surface area contributed by atoms with Gasteiger partial charge in [0.1, 0.15) is 5.82 Å². The lowest BCUT2D eigenvalue weighted by atomic mass is 10.1. The number of carbonyl (C=O) groups is 1. The zero-order chi connectivity index (χ0) is 16.3. The minimum atomic E-state index is -0.205. The van der Waals surface area contributed by atoms with Gasteiger partial charge in [0.2, 0.25) is 5.91 Å². The number of amides is 1. The van der Waals surface area contributed by atoms with Gasteiger partial charge >= 0.3 is 0 Å². The third kappa shape index (κ3) is 4.18. The van der Waals surface area contributed by atoms with E-state index in [0.29, 0.717) is 34.2 Å². The SMILES string of the molecule is Cc1nc(C)c(CCC(=O)Nc2ccc(Br)cc2Cl)c(=O)[nH]1. The first-order valence-corrected chi connectivity index (χ1v) is 7.85. The molecule has 7 heteroatoms. The van der Waals surface area contributed by atoms with Crippen LogP contribution in [0.2, 0.25) is 5.02 Å². The van der Waals surface area contributed by atoms with E-state index in [9.17, 15) is 9.59 Å². The summed E-state index contributed by atoms with van der Waals surface area (Å²) < 4.78 is 0.836. The molecule has 5 nitrogen and oxygen atoms in total.